The van der Waals surface area contributed by atoms with Crippen molar-refractivity contribution in [2.75, 3.05) is 26.2 Å². The first kappa shape index (κ1) is 20.8. The van der Waals surface area contributed by atoms with E-state index in [9.17, 15) is 9.59 Å². The van der Waals surface area contributed by atoms with Gasteiger partial charge in [0.05, 0.1) is 5.92 Å². The first-order valence-corrected chi connectivity index (χ1v) is 10.7. The predicted octanol–water partition coefficient (Wildman–Crippen LogP) is 3.03. The van der Waals surface area contributed by atoms with Gasteiger partial charge in [-0.2, -0.15) is 0 Å². The molecular weight excluding hydrogens is 390 g/mol. The number of nitrogens with zero attached hydrogens (tertiary/aromatic N) is 4. The lowest BCUT2D eigenvalue weighted by atomic mass is 9.91. The van der Waals surface area contributed by atoms with Crippen molar-refractivity contribution in [1.29, 1.82) is 0 Å². The van der Waals surface area contributed by atoms with E-state index in [2.05, 4.69) is 34.0 Å². The Kier molecular flexibility index (Phi) is 6.40. The standard InChI is InChI=1S/C24H27N5O2/c1-2-13-28-14-15-29(24(31)22-26-11-12-27-22)17-20(23(28)30)16-19-5-3-4-6-21(19)18-7-9-25-10-8-18/h3-12,20H,2,13-17H2,1H3,(H,26,27)/t20-/m1/s1. The van der Waals surface area contributed by atoms with E-state index < -0.39 is 0 Å². The van der Waals surface area contributed by atoms with Crippen LogP contribution in [0.25, 0.3) is 11.1 Å². The molecule has 0 bridgehead atoms. The lowest BCUT2D eigenvalue weighted by molar-refractivity contribution is -0.134. The maximum atomic E-state index is 13.4. The molecule has 3 aromatic rings. The number of aromatic nitrogens is 3. The minimum Gasteiger partial charge on any atom is -0.341 e. The van der Waals surface area contributed by atoms with Crippen LogP contribution in [-0.4, -0.2) is 62.7 Å². The van der Waals surface area contributed by atoms with Crippen LogP contribution in [-0.2, 0) is 11.2 Å². The van der Waals surface area contributed by atoms with Crippen LogP contribution in [0.4, 0.5) is 0 Å². The van der Waals surface area contributed by atoms with Crippen molar-refractivity contribution in [2.24, 2.45) is 5.92 Å². The molecule has 1 saturated heterocycles. The van der Waals surface area contributed by atoms with Gasteiger partial charge < -0.3 is 14.8 Å². The molecule has 1 aromatic carbocycles. The van der Waals surface area contributed by atoms with Gasteiger partial charge in [0.1, 0.15) is 0 Å². The summed E-state index contributed by atoms with van der Waals surface area (Å²) >= 11 is 0. The number of imidazole rings is 1. The molecule has 2 aromatic heterocycles. The molecule has 0 radical (unpaired) electrons. The van der Waals surface area contributed by atoms with Crippen LogP contribution >= 0.6 is 0 Å². The molecule has 0 saturated carbocycles. The van der Waals surface area contributed by atoms with Crippen LogP contribution in [0.3, 0.4) is 0 Å². The van der Waals surface area contributed by atoms with Crippen molar-refractivity contribution < 1.29 is 9.59 Å². The normalized spacial score (nSPS) is 16.9. The zero-order chi connectivity index (χ0) is 21.6. The van der Waals surface area contributed by atoms with E-state index in [0.29, 0.717) is 38.4 Å². The average molecular weight is 418 g/mol. The number of benzene rings is 1. The fraction of sp³-hybridized carbons (Fsp3) is 0.333. The molecule has 2 amide bonds. The SMILES string of the molecule is CCCN1CCN(C(=O)c2ncc[nH]2)C[C@@H](Cc2ccccc2-c2ccncc2)C1=O. The summed E-state index contributed by atoms with van der Waals surface area (Å²) in [4.78, 5) is 41.1. The highest BCUT2D eigenvalue weighted by Gasteiger charge is 2.33. The third-order valence-electron chi connectivity index (χ3n) is 5.70. The summed E-state index contributed by atoms with van der Waals surface area (Å²) in [6, 6.07) is 12.1. The van der Waals surface area contributed by atoms with Crippen molar-refractivity contribution in [1.82, 2.24) is 24.8 Å². The van der Waals surface area contributed by atoms with Crippen molar-refractivity contribution >= 4 is 11.8 Å². The highest BCUT2D eigenvalue weighted by atomic mass is 16.2. The first-order valence-electron chi connectivity index (χ1n) is 10.7. The van der Waals surface area contributed by atoms with Crippen molar-refractivity contribution in [3.05, 3.63) is 72.6 Å². The van der Waals surface area contributed by atoms with Gasteiger partial charge in [-0.1, -0.05) is 31.2 Å². The first-order chi connectivity index (χ1) is 15.2. The molecule has 31 heavy (non-hydrogen) atoms. The van der Waals surface area contributed by atoms with E-state index in [1.54, 1.807) is 29.7 Å². The van der Waals surface area contributed by atoms with E-state index in [1.165, 1.54) is 0 Å². The van der Waals surface area contributed by atoms with Gasteiger partial charge in [0, 0.05) is 51.0 Å². The monoisotopic (exact) mass is 417 g/mol. The molecule has 1 atom stereocenters. The predicted molar refractivity (Wildman–Crippen MR) is 118 cm³/mol. The van der Waals surface area contributed by atoms with E-state index in [4.69, 9.17) is 0 Å². The molecule has 1 aliphatic rings. The number of aromatic amines is 1. The van der Waals surface area contributed by atoms with Crippen molar-refractivity contribution in [3.63, 3.8) is 0 Å². The highest BCUT2D eigenvalue weighted by Crippen LogP contribution is 2.27. The van der Waals surface area contributed by atoms with Gasteiger partial charge in [-0.15, -0.1) is 0 Å². The Hall–Kier alpha value is -3.48. The molecular formula is C24H27N5O2. The number of carbonyl (C=O) groups excluding carboxylic acids is 2. The van der Waals surface area contributed by atoms with E-state index in [-0.39, 0.29) is 17.7 Å². The number of nitrogens with one attached hydrogen (secondary N) is 1. The molecule has 160 valence electrons. The van der Waals surface area contributed by atoms with E-state index in [1.807, 2.05) is 29.2 Å². The van der Waals surface area contributed by atoms with Gasteiger partial charge >= 0.3 is 0 Å². The van der Waals surface area contributed by atoms with Gasteiger partial charge in [0.25, 0.3) is 5.91 Å². The average Bonchev–Trinajstić information content (AvgIpc) is 3.30. The third kappa shape index (κ3) is 4.66. The number of carbonyl (C=O) groups is 2. The highest BCUT2D eigenvalue weighted by molar-refractivity contribution is 5.91. The Morgan fingerprint density at radius 3 is 2.68 bits per heavy atom. The van der Waals surface area contributed by atoms with Crippen LogP contribution in [0.15, 0.2) is 61.2 Å². The molecule has 4 rings (SSSR count). The molecule has 1 N–H and O–H groups in total. The van der Waals surface area contributed by atoms with Gasteiger partial charge in [-0.05, 0) is 41.7 Å². The number of hydrogen-bond acceptors (Lipinski definition) is 4. The molecule has 1 fully saturated rings. The minimum absolute atomic E-state index is 0.112. The number of amides is 2. The lowest BCUT2D eigenvalue weighted by Crippen LogP contribution is -2.38. The number of hydrogen-bond donors (Lipinski definition) is 1. The van der Waals surface area contributed by atoms with Crippen molar-refractivity contribution in [2.45, 2.75) is 19.8 Å². The summed E-state index contributed by atoms with van der Waals surface area (Å²) in [7, 11) is 0. The summed E-state index contributed by atoms with van der Waals surface area (Å²) in [5.74, 6) is -0.0482. The van der Waals surface area contributed by atoms with E-state index >= 15 is 0 Å². The van der Waals surface area contributed by atoms with Crippen LogP contribution in [0.1, 0.15) is 29.5 Å². The lowest BCUT2D eigenvalue weighted by Gasteiger charge is -2.24. The van der Waals surface area contributed by atoms with Crippen LogP contribution in [0, 0.1) is 5.92 Å². The number of rotatable bonds is 6. The van der Waals surface area contributed by atoms with Crippen molar-refractivity contribution in [3.8, 4) is 11.1 Å². The van der Waals surface area contributed by atoms with Crippen LogP contribution in [0.2, 0.25) is 0 Å². The van der Waals surface area contributed by atoms with Crippen LogP contribution < -0.4 is 0 Å². The zero-order valence-corrected chi connectivity index (χ0v) is 17.7. The third-order valence-corrected chi connectivity index (χ3v) is 5.70. The summed E-state index contributed by atoms with van der Waals surface area (Å²) in [6.45, 7) is 4.19. The summed E-state index contributed by atoms with van der Waals surface area (Å²) < 4.78 is 0. The summed E-state index contributed by atoms with van der Waals surface area (Å²) in [6.07, 6.45) is 8.22. The second-order valence-corrected chi connectivity index (χ2v) is 7.81. The summed E-state index contributed by atoms with van der Waals surface area (Å²) in [5.41, 5.74) is 3.25. The van der Waals surface area contributed by atoms with Crippen LogP contribution in [0.5, 0.6) is 0 Å². The molecule has 0 aliphatic carbocycles. The van der Waals surface area contributed by atoms with Gasteiger partial charge in [-0.25, -0.2) is 4.98 Å². The number of H-pyrrole nitrogens is 1. The fourth-order valence-electron chi connectivity index (χ4n) is 4.18. The molecule has 7 heteroatoms. The Bertz CT molecular complexity index is 1020. The fourth-order valence-corrected chi connectivity index (χ4v) is 4.18. The van der Waals surface area contributed by atoms with Gasteiger partial charge in [0.2, 0.25) is 5.91 Å². The smallest absolute Gasteiger partial charge is 0.289 e. The molecule has 0 unspecified atom stereocenters. The maximum Gasteiger partial charge on any atom is 0.289 e. The Balaban J connectivity index is 1.63. The Labute approximate surface area is 182 Å². The second kappa shape index (κ2) is 9.55. The Morgan fingerprint density at radius 1 is 1.13 bits per heavy atom. The number of pyridine rings is 1. The maximum absolute atomic E-state index is 13.4. The van der Waals surface area contributed by atoms with E-state index in [0.717, 1.165) is 23.1 Å². The van der Waals surface area contributed by atoms with Gasteiger partial charge in [0.15, 0.2) is 5.82 Å². The Morgan fingerprint density at radius 2 is 1.94 bits per heavy atom. The molecule has 0 spiro atoms. The summed E-state index contributed by atoms with van der Waals surface area (Å²) in [5, 5.41) is 0. The minimum atomic E-state index is -0.309. The molecule has 3 heterocycles. The quantitative estimate of drug-likeness (QED) is 0.668. The molecule has 1 aliphatic heterocycles. The topological polar surface area (TPSA) is 82.2 Å². The second-order valence-electron chi connectivity index (χ2n) is 7.81. The molecule has 7 nitrogen and oxygen atoms in total. The van der Waals surface area contributed by atoms with Gasteiger partial charge in [-0.3, -0.25) is 14.6 Å². The largest absolute Gasteiger partial charge is 0.341 e. The zero-order valence-electron chi connectivity index (χ0n) is 17.7.